The minimum Gasteiger partial charge on any atom is -0.389 e. The van der Waals surface area contributed by atoms with E-state index in [0.29, 0.717) is 12.1 Å². The fraction of sp³-hybridized carbons (Fsp3) is 0.154. The van der Waals surface area contributed by atoms with Gasteiger partial charge < -0.3 is 11.1 Å². The first-order valence-corrected chi connectivity index (χ1v) is 6.78. The first-order valence-electron chi connectivity index (χ1n) is 5.43. The number of benzene rings is 1. The van der Waals surface area contributed by atoms with Crippen molar-refractivity contribution in [3.05, 3.63) is 51.5 Å². The summed E-state index contributed by atoms with van der Waals surface area (Å²) < 4.78 is 13.1. The summed E-state index contributed by atoms with van der Waals surface area (Å²) in [6.07, 6.45) is 0. The van der Waals surface area contributed by atoms with E-state index in [4.69, 9.17) is 18.0 Å². The fourth-order valence-electron chi connectivity index (χ4n) is 1.63. The summed E-state index contributed by atoms with van der Waals surface area (Å²) in [6, 6.07) is 4.40. The van der Waals surface area contributed by atoms with Crippen LogP contribution in [0.25, 0.3) is 0 Å². The summed E-state index contributed by atoms with van der Waals surface area (Å²) in [5, 5.41) is 7.42. The molecule has 3 N–H and O–H groups in total. The number of thiophene rings is 1. The van der Waals surface area contributed by atoms with Crippen molar-refractivity contribution in [2.45, 2.75) is 13.5 Å². The molecule has 0 aliphatic heterocycles. The van der Waals surface area contributed by atoms with Crippen molar-refractivity contribution in [3.8, 4) is 0 Å². The second kappa shape index (κ2) is 5.46. The van der Waals surface area contributed by atoms with E-state index in [1.807, 2.05) is 0 Å². The van der Waals surface area contributed by atoms with E-state index in [9.17, 15) is 4.39 Å². The number of aryl methyl sites for hydroxylation is 1. The van der Waals surface area contributed by atoms with Crippen LogP contribution >= 0.6 is 23.6 Å². The minimum absolute atomic E-state index is 0.194. The highest BCUT2D eigenvalue weighted by atomic mass is 32.1. The third-order valence-corrected chi connectivity index (χ3v) is 3.81. The fourth-order valence-corrected chi connectivity index (χ4v) is 2.66. The van der Waals surface area contributed by atoms with Crippen LogP contribution < -0.4 is 11.1 Å². The number of nitrogens with one attached hydrogen (secondary N) is 1. The lowest BCUT2D eigenvalue weighted by atomic mass is 10.1. The van der Waals surface area contributed by atoms with Gasteiger partial charge in [-0.2, -0.15) is 11.3 Å². The Hall–Kier alpha value is -1.46. The number of anilines is 1. The molecule has 0 aliphatic carbocycles. The number of nitrogens with two attached hydrogens (primary N) is 1. The van der Waals surface area contributed by atoms with Crippen LogP contribution in [0.4, 0.5) is 10.1 Å². The van der Waals surface area contributed by atoms with Crippen LogP contribution in [0.3, 0.4) is 0 Å². The molecule has 18 heavy (non-hydrogen) atoms. The lowest BCUT2D eigenvalue weighted by Crippen LogP contribution is -2.13. The summed E-state index contributed by atoms with van der Waals surface area (Å²) in [6.45, 7) is 2.74. The van der Waals surface area contributed by atoms with Gasteiger partial charge in [-0.3, -0.25) is 0 Å². The van der Waals surface area contributed by atoms with Gasteiger partial charge in [-0.25, -0.2) is 4.39 Å². The van der Waals surface area contributed by atoms with Gasteiger partial charge in [0.25, 0.3) is 0 Å². The van der Waals surface area contributed by atoms with Crippen LogP contribution in [0.5, 0.6) is 0 Å². The van der Waals surface area contributed by atoms with Crippen LogP contribution in [0.15, 0.2) is 29.0 Å². The molecule has 94 valence electrons. The smallest absolute Gasteiger partial charge is 0.124 e. The van der Waals surface area contributed by atoms with Crippen molar-refractivity contribution < 1.29 is 4.39 Å². The first kappa shape index (κ1) is 13.0. The van der Waals surface area contributed by atoms with E-state index in [1.165, 1.54) is 23.3 Å². The SMILES string of the molecule is Cc1cscc1CNc1ccc(F)cc1C(N)=S. The predicted molar refractivity (Wildman–Crippen MR) is 78.7 cm³/mol. The number of hydrogen-bond donors (Lipinski definition) is 2. The van der Waals surface area contributed by atoms with E-state index in [1.54, 1.807) is 17.4 Å². The summed E-state index contributed by atoms with van der Waals surface area (Å²) in [7, 11) is 0. The molecule has 0 radical (unpaired) electrons. The monoisotopic (exact) mass is 280 g/mol. The van der Waals surface area contributed by atoms with Crippen LogP contribution in [0.1, 0.15) is 16.7 Å². The average Bonchev–Trinajstić information content (AvgIpc) is 2.73. The van der Waals surface area contributed by atoms with Crippen molar-refractivity contribution in [1.29, 1.82) is 0 Å². The summed E-state index contributed by atoms with van der Waals surface area (Å²) in [5.74, 6) is -0.338. The highest BCUT2D eigenvalue weighted by Gasteiger charge is 2.07. The van der Waals surface area contributed by atoms with E-state index in [0.717, 1.165) is 5.69 Å². The molecule has 0 saturated carbocycles. The topological polar surface area (TPSA) is 38.0 Å². The van der Waals surface area contributed by atoms with Gasteiger partial charge in [0, 0.05) is 17.8 Å². The second-order valence-corrected chi connectivity index (χ2v) is 5.17. The molecule has 0 atom stereocenters. The molecule has 2 nitrogen and oxygen atoms in total. The average molecular weight is 280 g/mol. The Morgan fingerprint density at radius 3 is 2.83 bits per heavy atom. The van der Waals surface area contributed by atoms with E-state index >= 15 is 0 Å². The molecule has 0 saturated heterocycles. The molecule has 0 amide bonds. The predicted octanol–water partition coefficient (Wildman–Crippen LogP) is 3.44. The minimum atomic E-state index is -0.338. The first-order chi connectivity index (χ1) is 8.58. The third-order valence-electron chi connectivity index (χ3n) is 2.68. The molecule has 1 aromatic heterocycles. The maximum absolute atomic E-state index is 13.1. The zero-order valence-corrected chi connectivity index (χ0v) is 11.5. The van der Waals surface area contributed by atoms with E-state index in [-0.39, 0.29) is 10.8 Å². The van der Waals surface area contributed by atoms with Crippen LogP contribution in [-0.2, 0) is 6.54 Å². The van der Waals surface area contributed by atoms with Crippen LogP contribution in [0.2, 0.25) is 0 Å². The molecule has 5 heteroatoms. The zero-order chi connectivity index (χ0) is 13.1. The van der Waals surface area contributed by atoms with Gasteiger partial charge in [0.2, 0.25) is 0 Å². The molecular weight excluding hydrogens is 267 g/mol. The molecule has 2 aromatic rings. The number of halogens is 1. The quantitative estimate of drug-likeness (QED) is 0.843. The van der Waals surface area contributed by atoms with E-state index < -0.39 is 0 Å². The van der Waals surface area contributed by atoms with Gasteiger partial charge >= 0.3 is 0 Å². The van der Waals surface area contributed by atoms with Gasteiger partial charge in [0.1, 0.15) is 10.8 Å². The molecule has 0 aliphatic rings. The molecular formula is C13H13FN2S2. The Morgan fingerprint density at radius 1 is 1.44 bits per heavy atom. The second-order valence-electron chi connectivity index (χ2n) is 3.99. The summed E-state index contributed by atoms with van der Waals surface area (Å²) in [5.41, 5.74) is 9.35. The normalized spacial score (nSPS) is 10.3. The molecule has 1 aromatic carbocycles. The van der Waals surface area contributed by atoms with Gasteiger partial charge in [0.05, 0.1) is 0 Å². The maximum atomic E-state index is 13.1. The largest absolute Gasteiger partial charge is 0.389 e. The van der Waals surface area contributed by atoms with Crippen LogP contribution in [0, 0.1) is 12.7 Å². The van der Waals surface area contributed by atoms with Gasteiger partial charge in [0.15, 0.2) is 0 Å². The third kappa shape index (κ3) is 2.86. The highest BCUT2D eigenvalue weighted by Crippen LogP contribution is 2.20. The van der Waals surface area contributed by atoms with Gasteiger partial charge in [-0.05, 0) is 47.0 Å². The molecule has 2 rings (SSSR count). The summed E-state index contributed by atoms with van der Waals surface area (Å²) >= 11 is 6.59. The van der Waals surface area contributed by atoms with Crippen LogP contribution in [-0.4, -0.2) is 4.99 Å². The lowest BCUT2D eigenvalue weighted by molar-refractivity contribution is 0.627. The Kier molecular flexibility index (Phi) is 3.93. The van der Waals surface area contributed by atoms with Crippen molar-refractivity contribution in [2.24, 2.45) is 5.73 Å². The Labute approximate surface area is 115 Å². The number of thiocarbonyl (C=S) groups is 1. The Balaban J connectivity index is 2.19. The highest BCUT2D eigenvalue weighted by molar-refractivity contribution is 7.80. The number of hydrogen-bond acceptors (Lipinski definition) is 3. The molecule has 0 unspecified atom stereocenters. The standard InChI is InChI=1S/C13H13FN2S2/c1-8-6-18-7-9(8)5-16-12-3-2-10(14)4-11(12)13(15)17/h2-4,6-7,16H,5H2,1H3,(H2,15,17). The Bertz CT molecular complexity index is 578. The molecule has 0 bridgehead atoms. The zero-order valence-electron chi connectivity index (χ0n) is 9.87. The number of rotatable bonds is 4. The molecule has 1 heterocycles. The molecule has 0 fully saturated rings. The lowest BCUT2D eigenvalue weighted by Gasteiger charge is -2.11. The van der Waals surface area contributed by atoms with E-state index in [2.05, 4.69) is 23.0 Å². The van der Waals surface area contributed by atoms with Crippen molar-refractivity contribution in [2.75, 3.05) is 5.32 Å². The maximum Gasteiger partial charge on any atom is 0.124 e. The molecule has 0 spiro atoms. The van der Waals surface area contributed by atoms with Gasteiger partial charge in [-0.1, -0.05) is 12.2 Å². The van der Waals surface area contributed by atoms with Crippen molar-refractivity contribution >= 4 is 34.2 Å². The summed E-state index contributed by atoms with van der Waals surface area (Å²) in [4.78, 5) is 0.194. The Morgan fingerprint density at radius 2 is 2.22 bits per heavy atom. The van der Waals surface area contributed by atoms with Crippen molar-refractivity contribution in [1.82, 2.24) is 0 Å². The van der Waals surface area contributed by atoms with Gasteiger partial charge in [-0.15, -0.1) is 0 Å². The van der Waals surface area contributed by atoms with Crippen molar-refractivity contribution in [3.63, 3.8) is 0 Å².